The standard InChI is InChI=1S/C24H32N6O2S/c1-17(2)33-24-27-22(29-12-7-4-8-13-29)19-15-26-30(23(19)28-24)14-11-25-21(31)16-32-20-10-6-5-9-18(20)3/h5-6,9-10,15,17H,4,7-8,11-14,16H2,1-3H3,(H,25,31). The Morgan fingerprint density at radius 1 is 1.18 bits per heavy atom. The van der Waals surface area contributed by atoms with E-state index in [-0.39, 0.29) is 12.5 Å². The summed E-state index contributed by atoms with van der Waals surface area (Å²) in [6, 6.07) is 7.67. The maximum atomic E-state index is 12.3. The Hall–Kier alpha value is -2.81. The van der Waals surface area contributed by atoms with Crippen molar-refractivity contribution in [1.29, 1.82) is 0 Å². The van der Waals surface area contributed by atoms with Crippen LogP contribution in [0.3, 0.4) is 0 Å². The number of carbonyl (C=O) groups excluding carboxylic acids is 1. The first-order valence-corrected chi connectivity index (χ1v) is 12.5. The summed E-state index contributed by atoms with van der Waals surface area (Å²) in [5, 5.41) is 9.62. The third kappa shape index (κ3) is 5.96. The van der Waals surface area contributed by atoms with Crippen molar-refractivity contribution in [2.75, 3.05) is 31.1 Å². The lowest BCUT2D eigenvalue weighted by atomic mass is 10.1. The van der Waals surface area contributed by atoms with E-state index in [1.54, 1.807) is 11.8 Å². The fourth-order valence-corrected chi connectivity index (χ4v) is 4.61. The molecule has 0 radical (unpaired) electrons. The van der Waals surface area contributed by atoms with Crippen LogP contribution in [0, 0.1) is 6.92 Å². The Bertz CT molecular complexity index is 1090. The minimum Gasteiger partial charge on any atom is -0.484 e. The molecule has 176 valence electrons. The molecule has 4 rings (SSSR count). The van der Waals surface area contributed by atoms with Gasteiger partial charge >= 0.3 is 0 Å². The summed E-state index contributed by atoms with van der Waals surface area (Å²) in [4.78, 5) is 24.3. The second-order valence-corrected chi connectivity index (χ2v) is 10.1. The van der Waals surface area contributed by atoms with Gasteiger partial charge in [-0.1, -0.05) is 43.8 Å². The number of benzene rings is 1. The summed E-state index contributed by atoms with van der Waals surface area (Å²) in [5.41, 5.74) is 1.83. The van der Waals surface area contributed by atoms with Crippen molar-refractivity contribution in [3.63, 3.8) is 0 Å². The van der Waals surface area contributed by atoms with Crippen molar-refractivity contribution >= 4 is 34.5 Å². The molecule has 1 N–H and O–H groups in total. The van der Waals surface area contributed by atoms with Crippen molar-refractivity contribution in [3.8, 4) is 5.75 Å². The van der Waals surface area contributed by atoms with Crippen molar-refractivity contribution in [1.82, 2.24) is 25.1 Å². The molecule has 0 aliphatic carbocycles. The minimum atomic E-state index is -0.158. The van der Waals surface area contributed by atoms with Crippen LogP contribution in [-0.2, 0) is 11.3 Å². The van der Waals surface area contributed by atoms with Crippen LogP contribution in [0.5, 0.6) is 5.75 Å². The van der Waals surface area contributed by atoms with Crippen LogP contribution in [0.4, 0.5) is 5.82 Å². The molecule has 3 heterocycles. The molecule has 8 nitrogen and oxygen atoms in total. The maximum absolute atomic E-state index is 12.3. The molecule has 1 saturated heterocycles. The largest absolute Gasteiger partial charge is 0.484 e. The van der Waals surface area contributed by atoms with E-state index in [0.29, 0.717) is 18.3 Å². The monoisotopic (exact) mass is 468 g/mol. The van der Waals surface area contributed by atoms with Crippen molar-refractivity contribution in [3.05, 3.63) is 36.0 Å². The quantitative estimate of drug-likeness (QED) is 0.377. The van der Waals surface area contributed by atoms with Crippen LogP contribution >= 0.6 is 11.8 Å². The van der Waals surface area contributed by atoms with Crippen LogP contribution in [0.1, 0.15) is 38.7 Å². The first-order valence-electron chi connectivity index (χ1n) is 11.6. The lowest BCUT2D eigenvalue weighted by Crippen LogP contribution is -2.32. The zero-order valence-corrected chi connectivity index (χ0v) is 20.4. The van der Waals surface area contributed by atoms with Gasteiger partial charge in [0, 0.05) is 24.9 Å². The van der Waals surface area contributed by atoms with Gasteiger partial charge in [0.25, 0.3) is 5.91 Å². The molecule has 0 atom stereocenters. The molecular weight excluding hydrogens is 436 g/mol. The molecule has 0 spiro atoms. The highest BCUT2D eigenvalue weighted by Gasteiger charge is 2.20. The van der Waals surface area contributed by atoms with Crippen molar-refractivity contribution < 1.29 is 9.53 Å². The topological polar surface area (TPSA) is 85.2 Å². The zero-order valence-electron chi connectivity index (χ0n) is 19.6. The highest BCUT2D eigenvalue weighted by Crippen LogP contribution is 2.30. The van der Waals surface area contributed by atoms with Crippen molar-refractivity contribution in [2.24, 2.45) is 0 Å². The molecule has 1 amide bonds. The summed E-state index contributed by atoms with van der Waals surface area (Å²) in [6.45, 7) is 9.24. The summed E-state index contributed by atoms with van der Waals surface area (Å²) < 4.78 is 7.49. The molecule has 3 aromatic rings. The summed E-state index contributed by atoms with van der Waals surface area (Å²) >= 11 is 1.66. The molecule has 0 bridgehead atoms. The van der Waals surface area contributed by atoms with Gasteiger partial charge in [-0.15, -0.1) is 0 Å². The molecule has 33 heavy (non-hydrogen) atoms. The number of para-hydroxylation sites is 1. The Kier molecular flexibility index (Phi) is 7.69. The van der Waals surface area contributed by atoms with E-state index in [2.05, 4.69) is 29.2 Å². The normalized spacial score (nSPS) is 14.1. The number of anilines is 1. The van der Waals surface area contributed by atoms with Crippen LogP contribution < -0.4 is 15.0 Å². The number of nitrogens with one attached hydrogen (secondary N) is 1. The van der Waals surface area contributed by atoms with Crippen LogP contribution in [0.2, 0.25) is 0 Å². The number of ether oxygens (including phenoxy) is 1. The van der Waals surface area contributed by atoms with Crippen LogP contribution in [-0.4, -0.2) is 57.1 Å². The number of hydrogen-bond acceptors (Lipinski definition) is 7. The minimum absolute atomic E-state index is 0.0127. The van der Waals surface area contributed by atoms with Gasteiger partial charge in [-0.2, -0.15) is 5.10 Å². The van der Waals surface area contributed by atoms with E-state index < -0.39 is 0 Å². The summed E-state index contributed by atoms with van der Waals surface area (Å²) in [5.74, 6) is 1.54. The summed E-state index contributed by atoms with van der Waals surface area (Å²) in [6.07, 6.45) is 5.49. The highest BCUT2D eigenvalue weighted by molar-refractivity contribution is 7.99. The average molecular weight is 469 g/mol. The Morgan fingerprint density at radius 3 is 2.73 bits per heavy atom. The number of carbonyl (C=O) groups is 1. The number of piperidine rings is 1. The molecule has 0 saturated carbocycles. The SMILES string of the molecule is Cc1ccccc1OCC(=O)NCCn1ncc2c(N3CCCCC3)nc(SC(C)C)nc21. The highest BCUT2D eigenvalue weighted by atomic mass is 32.2. The van der Waals surface area contributed by atoms with Gasteiger partial charge in [-0.25, -0.2) is 14.6 Å². The molecule has 1 aliphatic rings. The predicted molar refractivity (Wildman–Crippen MR) is 132 cm³/mol. The number of aryl methyl sites for hydroxylation is 1. The second-order valence-electron chi connectivity index (χ2n) is 8.55. The molecule has 1 fully saturated rings. The fourth-order valence-electron chi connectivity index (χ4n) is 3.91. The molecule has 9 heteroatoms. The van der Waals surface area contributed by atoms with E-state index in [9.17, 15) is 4.79 Å². The van der Waals surface area contributed by atoms with E-state index in [0.717, 1.165) is 46.4 Å². The van der Waals surface area contributed by atoms with Gasteiger partial charge < -0.3 is 15.0 Å². The number of fused-ring (bicyclic) bond motifs is 1. The number of thioether (sulfide) groups is 1. The predicted octanol–water partition coefficient (Wildman–Crippen LogP) is 3.82. The van der Waals surface area contributed by atoms with E-state index in [1.807, 2.05) is 42.1 Å². The number of nitrogens with zero attached hydrogens (tertiary/aromatic N) is 5. The lowest BCUT2D eigenvalue weighted by molar-refractivity contribution is -0.123. The van der Waals surface area contributed by atoms with Gasteiger partial charge in [-0.3, -0.25) is 4.79 Å². The zero-order chi connectivity index (χ0) is 23.2. The molecular formula is C24H32N6O2S. The van der Waals surface area contributed by atoms with Crippen molar-refractivity contribution in [2.45, 2.75) is 57.0 Å². The summed E-state index contributed by atoms with van der Waals surface area (Å²) in [7, 11) is 0. The first-order chi connectivity index (χ1) is 16.0. The van der Waals surface area contributed by atoms with E-state index in [4.69, 9.17) is 14.7 Å². The van der Waals surface area contributed by atoms with E-state index in [1.165, 1.54) is 19.3 Å². The van der Waals surface area contributed by atoms with Gasteiger partial charge in [0.2, 0.25) is 0 Å². The second kappa shape index (κ2) is 10.9. The Balaban J connectivity index is 1.43. The lowest BCUT2D eigenvalue weighted by Gasteiger charge is -2.28. The first kappa shape index (κ1) is 23.4. The van der Waals surface area contributed by atoms with Gasteiger partial charge in [-0.05, 0) is 37.8 Å². The third-order valence-corrected chi connectivity index (χ3v) is 6.42. The third-order valence-electron chi connectivity index (χ3n) is 5.55. The van der Waals surface area contributed by atoms with E-state index >= 15 is 0 Å². The van der Waals surface area contributed by atoms with Crippen LogP contribution in [0.25, 0.3) is 11.0 Å². The molecule has 0 unspecified atom stereocenters. The number of amides is 1. The number of hydrogen-bond donors (Lipinski definition) is 1. The average Bonchev–Trinajstić information content (AvgIpc) is 3.21. The van der Waals surface area contributed by atoms with Crippen LogP contribution in [0.15, 0.2) is 35.6 Å². The Labute approximate surface area is 199 Å². The van der Waals surface area contributed by atoms with Gasteiger partial charge in [0.05, 0.1) is 18.1 Å². The molecule has 1 aromatic carbocycles. The maximum Gasteiger partial charge on any atom is 0.258 e. The smallest absolute Gasteiger partial charge is 0.258 e. The number of aromatic nitrogens is 4. The molecule has 1 aliphatic heterocycles. The fraction of sp³-hybridized carbons (Fsp3) is 0.500. The molecule has 2 aromatic heterocycles. The van der Waals surface area contributed by atoms with Gasteiger partial charge in [0.1, 0.15) is 11.6 Å². The Morgan fingerprint density at radius 2 is 1.97 bits per heavy atom. The number of rotatable bonds is 9. The van der Waals surface area contributed by atoms with Gasteiger partial charge in [0.15, 0.2) is 17.4 Å².